The molecule has 0 radical (unpaired) electrons. The number of benzene rings is 2. The van der Waals surface area contributed by atoms with Crippen molar-refractivity contribution in [2.45, 2.75) is 38.8 Å². The average Bonchev–Trinajstić information content (AvgIpc) is 2.67. The molecule has 0 aromatic heterocycles. The highest BCUT2D eigenvalue weighted by atomic mass is 16.4. The van der Waals surface area contributed by atoms with E-state index in [-0.39, 0.29) is 23.9 Å². The molecule has 0 bridgehead atoms. The first-order chi connectivity index (χ1) is 11.8. The summed E-state index contributed by atoms with van der Waals surface area (Å²) in [4.78, 5) is 0. The third-order valence-electron chi connectivity index (χ3n) is 5.24. The molecule has 0 spiro atoms. The van der Waals surface area contributed by atoms with Crippen molar-refractivity contribution in [3.8, 4) is 0 Å². The Labute approximate surface area is 144 Å². The van der Waals surface area contributed by atoms with Crippen LogP contribution in [0.4, 0.5) is 0 Å². The van der Waals surface area contributed by atoms with Crippen LogP contribution in [0.1, 0.15) is 49.9 Å². The molecule has 0 amide bonds. The SMILES string of the molecule is CC[C@@H]1C(=NO)[C@H](CC)[C@@H](c2ccccc2)N[C@H]1c1ccccc1. The van der Waals surface area contributed by atoms with E-state index in [2.05, 4.69) is 72.9 Å². The minimum Gasteiger partial charge on any atom is -0.411 e. The molecule has 3 heteroatoms. The quantitative estimate of drug-likeness (QED) is 0.617. The third kappa shape index (κ3) is 3.09. The minimum absolute atomic E-state index is 0.162. The Balaban J connectivity index is 2.04. The number of nitrogens with zero attached hydrogens (tertiary/aromatic N) is 1. The van der Waals surface area contributed by atoms with Crippen molar-refractivity contribution < 1.29 is 5.21 Å². The number of hydrogen-bond donors (Lipinski definition) is 2. The minimum atomic E-state index is 0.162. The third-order valence-corrected chi connectivity index (χ3v) is 5.24. The maximum Gasteiger partial charge on any atom is 0.0670 e. The van der Waals surface area contributed by atoms with Crippen LogP contribution >= 0.6 is 0 Å². The van der Waals surface area contributed by atoms with Gasteiger partial charge in [0.15, 0.2) is 0 Å². The van der Waals surface area contributed by atoms with Crippen molar-refractivity contribution in [1.82, 2.24) is 5.32 Å². The summed E-state index contributed by atoms with van der Waals surface area (Å²) < 4.78 is 0. The second kappa shape index (κ2) is 7.63. The number of oxime groups is 1. The molecule has 1 saturated heterocycles. The zero-order chi connectivity index (χ0) is 16.9. The van der Waals surface area contributed by atoms with E-state index in [9.17, 15) is 5.21 Å². The van der Waals surface area contributed by atoms with Gasteiger partial charge in [-0.05, 0) is 24.0 Å². The van der Waals surface area contributed by atoms with Crippen molar-refractivity contribution in [3.63, 3.8) is 0 Å². The summed E-state index contributed by atoms with van der Waals surface area (Å²) in [5.74, 6) is 0.421. The van der Waals surface area contributed by atoms with Gasteiger partial charge in [0.1, 0.15) is 0 Å². The molecule has 2 N–H and O–H groups in total. The first kappa shape index (κ1) is 16.7. The summed E-state index contributed by atoms with van der Waals surface area (Å²) in [6, 6.07) is 21.3. The highest BCUT2D eigenvalue weighted by Crippen LogP contribution is 2.41. The van der Waals surface area contributed by atoms with Crippen LogP contribution in [-0.2, 0) is 0 Å². The molecule has 2 aromatic rings. The average molecular weight is 322 g/mol. The van der Waals surface area contributed by atoms with Crippen LogP contribution in [-0.4, -0.2) is 10.9 Å². The number of piperidine rings is 1. The van der Waals surface area contributed by atoms with E-state index in [0.717, 1.165) is 18.6 Å². The molecule has 3 rings (SSSR count). The van der Waals surface area contributed by atoms with Crippen LogP contribution in [0.3, 0.4) is 0 Å². The van der Waals surface area contributed by atoms with E-state index in [1.54, 1.807) is 0 Å². The summed E-state index contributed by atoms with van der Waals surface area (Å²) in [7, 11) is 0. The van der Waals surface area contributed by atoms with Crippen molar-refractivity contribution in [2.75, 3.05) is 0 Å². The van der Waals surface area contributed by atoms with Crippen molar-refractivity contribution in [2.24, 2.45) is 17.0 Å². The molecule has 0 unspecified atom stereocenters. The lowest BCUT2D eigenvalue weighted by Crippen LogP contribution is -2.48. The largest absolute Gasteiger partial charge is 0.411 e. The van der Waals surface area contributed by atoms with E-state index in [4.69, 9.17) is 0 Å². The summed E-state index contributed by atoms with van der Waals surface area (Å²) in [5, 5.41) is 17.4. The van der Waals surface area contributed by atoms with Crippen LogP contribution < -0.4 is 5.32 Å². The molecule has 0 saturated carbocycles. The van der Waals surface area contributed by atoms with Gasteiger partial charge in [-0.1, -0.05) is 79.7 Å². The molecule has 126 valence electrons. The lowest BCUT2D eigenvalue weighted by Gasteiger charge is -2.43. The first-order valence-corrected chi connectivity index (χ1v) is 8.87. The standard InChI is InChI=1S/C21H26N2O/c1-3-17-19(15-11-7-5-8-12-15)22-20(16-13-9-6-10-14-16)18(4-2)21(17)23-24/h5-14,17-20,22,24H,3-4H2,1-2H3/t17-,18+,19-,20+. The lowest BCUT2D eigenvalue weighted by atomic mass is 9.72. The number of rotatable bonds is 4. The Morgan fingerprint density at radius 3 is 1.54 bits per heavy atom. The highest BCUT2D eigenvalue weighted by Gasteiger charge is 2.41. The Hall–Kier alpha value is -2.13. The fourth-order valence-electron chi connectivity index (χ4n) is 4.06. The maximum atomic E-state index is 9.78. The summed E-state index contributed by atoms with van der Waals surface area (Å²) in [5.41, 5.74) is 3.43. The zero-order valence-electron chi connectivity index (χ0n) is 14.4. The predicted octanol–water partition coefficient (Wildman–Crippen LogP) is 4.95. The summed E-state index contributed by atoms with van der Waals surface area (Å²) in [6.45, 7) is 4.34. The first-order valence-electron chi connectivity index (χ1n) is 8.87. The zero-order valence-corrected chi connectivity index (χ0v) is 14.4. The van der Waals surface area contributed by atoms with Crippen LogP contribution in [0.25, 0.3) is 0 Å². The topological polar surface area (TPSA) is 44.6 Å². The Bertz CT molecular complexity index is 613. The van der Waals surface area contributed by atoms with Gasteiger partial charge in [-0.25, -0.2) is 0 Å². The molecule has 1 heterocycles. The number of hydrogen-bond acceptors (Lipinski definition) is 3. The Kier molecular flexibility index (Phi) is 5.31. The van der Waals surface area contributed by atoms with Crippen molar-refractivity contribution >= 4 is 5.71 Å². The van der Waals surface area contributed by atoms with Gasteiger partial charge in [-0.2, -0.15) is 0 Å². The number of nitrogens with one attached hydrogen (secondary N) is 1. The molecule has 0 aliphatic carbocycles. The van der Waals surface area contributed by atoms with E-state index < -0.39 is 0 Å². The van der Waals surface area contributed by atoms with Crippen LogP contribution in [0.2, 0.25) is 0 Å². The van der Waals surface area contributed by atoms with Gasteiger partial charge in [-0.15, -0.1) is 0 Å². The summed E-state index contributed by atoms with van der Waals surface area (Å²) >= 11 is 0. The molecule has 24 heavy (non-hydrogen) atoms. The van der Waals surface area contributed by atoms with Crippen molar-refractivity contribution in [1.29, 1.82) is 0 Å². The van der Waals surface area contributed by atoms with Gasteiger partial charge in [0, 0.05) is 23.9 Å². The molecule has 3 nitrogen and oxygen atoms in total. The fourth-order valence-corrected chi connectivity index (χ4v) is 4.06. The van der Waals surface area contributed by atoms with Crippen molar-refractivity contribution in [3.05, 3.63) is 71.8 Å². The lowest BCUT2D eigenvalue weighted by molar-refractivity contribution is 0.252. The second-order valence-electron chi connectivity index (χ2n) is 6.50. The fraction of sp³-hybridized carbons (Fsp3) is 0.381. The predicted molar refractivity (Wildman–Crippen MR) is 98.3 cm³/mol. The van der Waals surface area contributed by atoms with Gasteiger partial charge in [0.05, 0.1) is 5.71 Å². The maximum absolute atomic E-state index is 9.78. The molecule has 2 aromatic carbocycles. The van der Waals surface area contributed by atoms with Crippen LogP contribution in [0.5, 0.6) is 0 Å². The molecule has 1 aliphatic heterocycles. The Morgan fingerprint density at radius 2 is 1.21 bits per heavy atom. The second-order valence-corrected chi connectivity index (χ2v) is 6.50. The van der Waals surface area contributed by atoms with Gasteiger partial charge < -0.3 is 10.5 Å². The van der Waals surface area contributed by atoms with Gasteiger partial charge in [0.25, 0.3) is 0 Å². The van der Waals surface area contributed by atoms with Gasteiger partial charge in [-0.3, -0.25) is 0 Å². The van der Waals surface area contributed by atoms with Gasteiger partial charge >= 0.3 is 0 Å². The monoisotopic (exact) mass is 322 g/mol. The van der Waals surface area contributed by atoms with Crippen LogP contribution in [0.15, 0.2) is 65.8 Å². The molecule has 1 fully saturated rings. The molecule has 4 atom stereocenters. The van der Waals surface area contributed by atoms with E-state index in [0.29, 0.717) is 0 Å². The van der Waals surface area contributed by atoms with E-state index >= 15 is 0 Å². The smallest absolute Gasteiger partial charge is 0.0670 e. The summed E-state index contributed by atoms with van der Waals surface area (Å²) in [6.07, 6.45) is 1.90. The van der Waals surface area contributed by atoms with E-state index in [1.165, 1.54) is 11.1 Å². The molecular weight excluding hydrogens is 296 g/mol. The van der Waals surface area contributed by atoms with Gasteiger partial charge in [0.2, 0.25) is 0 Å². The van der Waals surface area contributed by atoms with E-state index in [1.807, 2.05) is 12.1 Å². The molecular formula is C21H26N2O. The normalized spacial score (nSPS) is 28.8. The highest BCUT2D eigenvalue weighted by molar-refractivity contribution is 5.91. The molecule has 1 aliphatic rings. The Morgan fingerprint density at radius 1 is 0.792 bits per heavy atom. The van der Waals surface area contributed by atoms with Crippen LogP contribution in [0, 0.1) is 11.8 Å².